The fraction of sp³-hybridized carbons (Fsp3) is 0.868. The van der Waals surface area contributed by atoms with E-state index in [9.17, 15) is 15.0 Å². The molecule has 0 heterocycles. The molecule has 42 heavy (non-hydrogen) atoms. The quantitative estimate of drug-likeness (QED) is 0.0525. The van der Waals surface area contributed by atoms with E-state index in [0.29, 0.717) is 6.42 Å². The van der Waals surface area contributed by atoms with Crippen molar-refractivity contribution in [1.82, 2.24) is 5.32 Å². The summed E-state index contributed by atoms with van der Waals surface area (Å²) in [5.74, 6) is -0.0698. The van der Waals surface area contributed by atoms with Gasteiger partial charge in [0.05, 0.1) is 18.8 Å². The summed E-state index contributed by atoms with van der Waals surface area (Å²) in [4.78, 5) is 12.3. The molecule has 0 aliphatic carbocycles. The van der Waals surface area contributed by atoms with Crippen LogP contribution in [-0.4, -0.2) is 34.9 Å². The van der Waals surface area contributed by atoms with Crippen molar-refractivity contribution in [3.8, 4) is 0 Å². The van der Waals surface area contributed by atoms with E-state index in [2.05, 4.69) is 31.3 Å². The van der Waals surface area contributed by atoms with Gasteiger partial charge in [0, 0.05) is 6.42 Å². The fourth-order valence-corrected chi connectivity index (χ4v) is 5.52. The van der Waals surface area contributed by atoms with Crippen LogP contribution in [0.15, 0.2) is 24.3 Å². The normalized spacial score (nSPS) is 13.3. The van der Waals surface area contributed by atoms with Crippen LogP contribution in [0.1, 0.15) is 194 Å². The molecule has 0 aliphatic rings. The lowest BCUT2D eigenvalue weighted by Gasteiger charge is -2.20. The molecule has 4 nitrogen and oxygen atoms in total. The summed E-state index contributed by atoms with van der Waals surface area (Å²) in [7, 11) is 0. The lowest BCUT2D eigenvalue weighted by atomic mass is 10.0. The number of nitrogens with one attached hydrogen (secondary N) is 1. The Morgan fingerprint density at radius 2 is 0.905 bits per heavy atom. The highest BCUT2D eigenvalue weighted by Gasteiger charge is 2.17. The largest absolute Gasteiger partial charge is 0.394 e. The first-order valence-corrected chi connectivity index (χ1v) is 18.6. The van der Waals surface area contributed by atoms with Crippen LogP contribution >= 0.6 is 0 Å². The number of aliphatic hydroxyl groups is 2. The number of carbonyl (C=O) groups is 1. The van der Waals surface area contributed by atoms with Crippen LogP contribution in [0.4, 0.5) is 0 Å². The van der Waals surface area contributed by atoms with Crippen molar-refractivity contribution in [3.05, 3.63) is 24.3 Å². The summed E-state index contributed by atoms with van der Waals surface area (Å²) < 4.78 is 0. The second-order valence-electron chi connectivity index (χ2n) is 12.6. The van der Waals surface area contributed by atoms with E-state index in [1.165, 1.54) is 148 Å². The summed E-state index contributed by atoms with van der Waals surface area (Å²) in [6.45, 7) is 4.29. The first-order chi connectivity index (χ1) is 20.7. The average molecular weight is 592 g/mol. The van der Waals surface area contributed by atoms with Gasteiger partial charge >= 0.3 is 0 Å². The molecular weight excluding hydrogens is 518 g/mol. The van der Waals surface area contributed by atoms with Crippen LogP contribution in [0.2, 0.25) is 0 Å². The topological polar surface area (TPSA) is 69.6 Å². The van der Waals surface area contributed by atoms with Crippen molar-refractivity contribution >= 4 is 5.91 Å². The average Bonchev–Trinajstić information content (AvgIpc) is 2.99. The highest BCUT2D eigenvalue weighted by atomic mass is 16.3. The summed E-state index contributed by atoms with van der Waals surface area (Å²) in [6, 6.07) is -0.620. The Balaban J connectivity index is 3.62. The highest BCUT2D eigenvalue weighted by molar-refractivity contribution is 5.76. The third-order valence-electron chi connectivity index (χ3n) is 8.43. The van der Waals surface area contributed by atoms with Gasteiger partial charge in [-0.25, -0.2) is 0 Å². The Morgan fingerprint density at radius 1 is 0.548 bits per heavy atom. The molecule has 0 aromatic heterocycles. The third-order valence-corrected chi connectivity index (χ3v) is 8.43. The van der Waals surface area contributed by atoms with E-state index in [1.807, 2.05) is 6.08 Å². The summed E-state index contributed by atoms with van der Waals surface area (Å²) >= 11 is 0. The van der Waals surface area contributed by atoms with Gasteiger partial charge in [-0.15, -0.1) is 0 Å². The van der Waals surface area contributed by atoms with Crippen molar-refractivity contribution < 1.29 is 15.0 Å². The predicted molar refractivity (Wildman–Crippen MR) is 184 cm³/mol. The molecule has 0 fully saturated rings. The summed E-state index contributed by atoms with van der Waals surface area (Å²) in [5, 5.41) is 22.9. The minimum absolute atomic E-state index is 0.0698. The molecule has 0 rings (SSSR count). The zero-order valence-electron chi connectivity index (χ0n) is 28.3. The van der Waals surface area contributed by atoms with Crippen LogP contribution in [0.25, 0.3) is 0 Å². The number of unbranched alkanes of at least 4 members (excludes halogenated alkanes) is 24. The van der Waals surface area contributed by atoms with Gasteiger partial charge in [0.15, 0.2) is 0 Å². The molecule has 0 aliphatic heterocycles. The molecule has 0 aromatic rings. The molecule has 0 spiro atoms. The van der Waals surface area contributed by atoms with Gasteiger partial charge < -0.3 is 15.5 Å². The third kappa shape index (κ3) is 30.3. The van der Waals surface area contributed by atoms with Crippen molar-refractivity contribution in [3.63, 3.8) is 0 Å². The molecule has 4 heteroatoms. The number of carbonyl (C=O) groups excluding carboxylic acids is 1. The lowest BCUT2D eigenvalue weighted by Crippen LogP contribution is -2.45. The molecule has 0 bridgehead atoms. The second kappa shape index (κ2) is 34.4. The van der Waals surface area contributed by atoms with Crippen molar-refractivity contribution in [2.75, 3.05) is 6.61 Å². The molecule has 3 N–H and O–H groups in total. The van der Waals surface area contributed by atoms with Gasteiger partial charge in [0.2, 0.25) is 5.91 Å². The zero-order valence-corrected chi connectivity index (χ0v) is 28.3. The number of hydrogen-bond acceptors (Lipinski definition) is 3. The van der Waals surface area contributed by atoms with Crippen molar-refractivity contribution in [2.45, 2.75) is 206 Å². The van der Waals surface area contributed by atoms with Crippen LogP contribution < -0.4 is 5.32 Å². The molecule has 0 saturated heterocycles. The molecular formula is C38H73NO3. The van der Waals surface area contributed by atoms with Crippen molar-refractivity contribution in [2.24, 2.45) is 0 Å². The van der Waals surface area contributed by atoms with Crippen LogP contribution in [0.3, 0.4) is 0 Å². The number of aliphatic hydroxyl groups excluding tert-OH is 2. The van der Waals surface area contributed by atoms with E-state index in [-0.39, 0.29) is 12.5 Å². The molecule has 0 aromatic carbocycles. The lowest BCUT2D eigenvalue weighted by molar-refractivity contribution is -0.123. The first kappa shape index (κ1) is 40.9. The SMILES string of the molecule is CCCCCCCC/C=C\CCCCCCCCCC(=O)NC(CO)C(O)/C=C/CCCCCCCCCCCCC. The maximum atomic E-state index is 12.3. The summed E-state index contributed by atoms with van der Waals surface area (Å²) in [6.07, 6.45) is 42.6. The highest BCUT2D eigenvalue weighted by Crippen LogP contribution is 2.13. The van der Waals surface area contributed by atoms with E-state index in [1.54, 1.807) is 6.08 Å². The fourth-order valence-electron chi connectivity index (χ4n) is 5.52. The standard InChI is InChI=1S/C38H73NO3/c1-3-5-7-9-11-13-15-17-18-19-20-22-24-26-28-30-32-34-38(42)39-36(35-40)37(41)33-31-29-27-25-23-21-16-14-12-10-8-6-4-2/h17-18,31,33,36-37,40-41H,3-16,19-30,32,34-35H2,1-2H3,(H,39,42)/b18-17-,33-31+. The maximum absolute atomic E-state index is 12.3. The Morgan fingerprint density at radius 3 is 1.31 bits per heavy atom. The summed E-state index contributed by atoms with van der Waals surface area (Å²) in [5.41, 5.74) is 0. The van der Waals surface area contributed by atoms with E-state index < -0.39 is 12.1 Å². The van der Waals surface area contributed by atoms with Gasteiger partial charge in [-0.2, -0.15) is 0 Å². The van der Waals surface area contributed by atoms with Crippen LogP contribution in [-0.2, 0) is 4.79 Å². The minimum atomic E-state index is -0.836. The minimum Gasteiger partial charge on any atom is -0.394 e. The van der Waals surface area contributed by atoms with Gasteiger partial charge in [0.1, 0.15) is 0 Å². The molecule has 2 atom stereocenters. The maximum Gasteiger partial charge on any atom is 0.220 e. The van der Waals surface area contributed by atoms with Gasteiger partial charge in [-0.3, -0.25) is 4.79 Å². The first-order valence-electron chi connectivity index (χ1n) is 18.6. The monoisotopic (exact) mass is 592 g/mol. The van der Waals surface area contributed by atoms with Gasteiger partial charge in [-0.05, 0) is 44.9 Å². The molecule has 1 amide bonds. The van der Waals surface area contributed by atoms with Gasteiger partial charge in [-0.1, -0.05) is 167 Å². The molecule has 0 radical (unpaired) electrons. The number of hydrogen-bond donors (Lipinski definition) is 3. The van der Waals surface area contributed by atoms with Crippen LogP contribution in [0, 0.1) is 0 Å². The van der Waals surface area contributed by atoms with Gasteiger partial charge in [0.25, 0.3) is 0 Å². The van der Waals surface area contributed by atoms with Crippen molar-refractivity contribution in [1.29, 1.82) is 0 Å². The predicted octanol–water partition coefficient (Wildman–Crippen LogP) is 10.9. The van der Waals surface area contributed by atoms with E-state index in [4.69, 9.17) is 0 Å². The van der Waals surface area contributed by atoms with Crippen LogP contribution in [0.5, 0.6) is 0 Å². The van der Waals surface area contributed by atoms with E-state index in [0.717, 1.165) is 25.7 Å². The molecule has 248 valence electrons. The number of rotatable bonds is 33. The number of allylic oxidation sites excluding steroid dienone is 3. The Bertz CT molecular complexity index is 603. The molecule has 2 unspecified atom stereocenters. The Kier molecular flexibility index (Phi) is 33.4. The van der Waals surface area contributed by atoms with E-state index >= 15 is 0 Å². The Labute approximate surface area is 262 Å². The second-order valence-corrected chi connectivity index (χ2v) is 12.6. The smallest absolute Gasteiger partial charge is 0.220 e. The molecule has 0 saturated carbocycles. The Hall–Kier alpha value is -1.13. The number of amides is 1. The zero-order chi connectivity index (χ0) is 30.8.